The molecule has 0 bridgehead atoms. The van der Waals surface area contributed by atoms with Gasteiger partial charge in [-0.2, -0.15) is 0 Å². The molecular formula is C51H75N11O16. The van der Waals surface area contributed by atoms with Crippen LogP contribution in [-0.4, -0.2) is 244 Å². The van der Waals surface area contributed by atoms with Crippen molar-refractivity contribution in [3.63, 3.8) is 0 Å². The quantitative estimate of drug-likeness (QED) is 0.0429. The average molecular weight is 1100 g/mol. The number of piperidine rings is 1. The number of rotatable bonds is 25. The van der Waals surface area contributed by atoms with Crippen molar-refractivity contribution in [1.82, 2.24) is 55.7 Å². The Morgan fingerprint density at radius 1 is 0.718 bits per heavy atom. The first-order valence-electron chi connectivity index (χ1n) is 26.7. The Labute approximate surface area is 451 Å². The van der Waals surface area contributed by atoms with E-state index in [1.54, 1.807) is 22.8 Å². The number of ether oxygens (including phenoxy) is 1. The minimum Gasteiger partial charge on any atom is -0.480 e. The third-order valence-electron chi connectivity index (χ3n) is 15.0. The van der Waals surface area contributed by atoms with E-state index in [0.717, 1.165) is 23.3 Å². The zero-order chi connectivity index (χ0) is 56.6. The Morgan fingerprint density at radius 3 is 1.91 bits per heavy atom. The zero-order valence-corrected chi connectivity index (χ0v) is 44.3. The second kappa shape index (κ2) is 28.7. The van der Waals surface area contributed by atoms with Gasteiger partial charge in [0.25, 0.3) is 0 Å². The smallest absolute Gasteiger partial charge is 0.323 e. The van der Waals surface area contributed by atoms with Gasteiger partial charge in [-0.25, -0.2) is 0 Å². The number of carbonyl (C=O) groups is 11. The van der Waals surface area contributed by atoms with E-state index >= 15 is 0 Å². The number of esters is 1. The number of carboxylic acid groups (broad SMARTS) is 3. The van der Waals surface area contributed by atoms with E-state index in [1.165, 1.54) is 0 Å². The number of aliphatic hydroxyl groups is 1. The SMILES string of the molecule is CCC(C)C(NC(=O)CCNC(=O)CCNC(=O)CN(CC(=O)O)C(=O)CN1CCC(CN2CCN(CC(=O)O)CCN(CC(=O)O)CC2)CC1)C(=O)N[C@H]1CCn2ccc3c2C(=C[C@@H](C(=O)NC2CC(=O)OC2O)C3)C1=O. The summed E-state index contributed by atoms with van der Waals surface area (Å²) in [7, 11) is 0. The van der Waals surface area contributed by atoms with Crippen molar-refractivity contribution in [2.75, 3.05) is 105 Å². The van der Waals surface area contributed by atoms with Gasteiger partial charge in [-0.15, -0.1) is 0 Å². The molecule has 3 saturated heterocycles. The maximum atomic E-state index is 14.1. The molecule has 4 unspecified atom stereocenters. The van der Waals surface area contributed by atoms with Crippen LogP contribution in [0.3, 0.4) is 0 Å². The molecule has 78 heavy (non-hydrogen) atoms. The monoisotopic (exact) mass is 1100 g/mol. The molecule has 1 aromatic rings. The number of amides is 6. The summed E-state index contributed by atoms with van der Waals surface area (Å²) in [4.78, 5) is 148. The average Bonchev–Trinajstić information content (AvgIpc) is 3.93. The summed E-state index contributed by atoms with van der Waals surface area (Å²) < 4.78 is 6.63. The summed E-state index contributed by atoms with van der Waals surface area (Å²) in [6, 6.07) is -1.15. The summed E-state index contributed by atoms with van der Waals surface area (Å²) in [5.74, 6) is -8.60. The second-order valence-corrected chi connectivity index (χ2v) is 20.8. The fraction of sp³-hybridized carbons (Fsp3) is 0.667. The number of ketones is 1. The molecule has 6 rings (SSSR count). The number of aliphatic hydroxyl groups excluding tert-OH is 1. The number of carbonyl (C=O) groups excluding carboxylic acids is 8. The standard InChI is InChI=1S/C51H75N11O16/c1-3-31(2)46(50(76)54-36-9-15-61-14-8-33-22-34(23-35(47(33)61)48(36)74)49(75)55-37-24-45(73)78-51(37)77)56-39(64)5-11-52-38(63)4-10-53-40(65)26-62(30-44(71)72)41(66)27-57-12-6-32(7-13-57)25-58-16-18-59(28-42(67)68)20-21-60(19-17-58)29-43(69)70/h8,14,23,31-32,34,36-37,46,51,77H,3-7,9-13,15-22,24-30H2,1-2H3,(H,52,63)(H,53,65)(H,54,76)(H,55,75)(H,56,64)(H,67,68)(H,69,70)(H,71,72)/t31?,34-,36-,37?,46?,51?/m0/s1. The maximum absolute atomic E-state index is 14.1. The highest BCUT2D eigenvalue weighted by Gasteiger charge is 2.40. The first kappa shape index (κ1) is 60.4. The number of aliphatic carboxylic acids is 3. The van der Waals surface area contributed by atoms with Crippen LogP contribution in [-0.2, 0) is 70.4 Å². The van der Waals surface area contributed by atoms with E-state index in [9.17, 15) is 73.2 Å². The van der Waals surface area contributed by atoms with Gasteiger partial charge in [-0.3, -0.25) is 67.4 Å². The van der Waals surface area contributed by atoms with Gasteiger partial charge < -0.3 is 66.1 Å². The minimum atomic E-state index is -1.49. The van der Waals surface area contributed by atoms with Gasteiger partial charge >= 0.3 is 23.9 Å². The van der Waals surface area contributed by atoms with Crippen LogP contribution in [0.15, 0.2) is 18.3 Å². The second-order valence-electron chi connectivity index (χ2n) is 20.8. The molecule has 6 amide bonds. The first-order valence-corrected chi connectivity index (χ1v) is 26.7. The number of Topliss-reactive ketones (excluding diaryl/α,β-unsaturated/α-hetero) is 1. The van der Waals surface area contributed by atoms with Crippen molar-refractivity contribution in [3.8, 4) is 0 Å². The van der Waals surface area contributed by atoms with Crippen LogP contribution in [0.4, 0.5) is 0 Å². The third-order valence-corrected chi connectivity index (χ3v) is 15.0. The van der Waals surface area contributed by atoms with Gasteiger partial charge in [-0.05, 0) is 62.2 Å². The van der Waals surface area contributed by atoms with Gasteiger partial charge in [0.05, 0.1) is 43.7 Å². The van der Waals surface area contributed by atoms with E-state index in [2.05, 4.69) is 31.5 Å². The molecule has 3 fully saturated rings. The summed E-state index contributed by atoms with van der Waals surface area (Å²) in [5, 5.41) is 51.6. The van der Waals surface area contributed by atoms with Gasteiger partial charge in [0, 0.05) is 90.1 Å². The van der Waals surface area contributed by atoms with Crippen molar-refractivity contribution in [3.05, 3.63) is 29.6 Å². The van der Waals surface area contributed by atoms with Crippen LogP contribution < -0.4 is 26.6 Å². The van der Waals surface area contributed by atoms with Crippen molar-refractivity contribution >= 4 is 70.7 Å². The third kappa shape index (κ3) is 17.9. The molecule has 4 aliphatic heterocycles. The van der Waals surface area contributed by atoms with Crippen LogP contribution >= 0.6 is 0 Å². The molecule has 0 saturated carbocycles. The molecule has 9 N–H and O–H groups in total. The highest BCUT2D eigenvalue weighted by molar-refractivity contribution is 6.24. The van der Waals surface area contributed by atoms with Gasteiger partial charge in [0.15, 0.2) is 5.78 Å². The number of likely N-dealkylation sites (tertiary alicyclic amines) is 1. The summed E-state index contributed by atoms with van der Waals surface area (Å²) >= 11 is 0. The van der Waals surface area contributed by atoms with Gasteiger partial charge in [0.1, 0.15) is 25.2 Å². The molecule has 27 heteroatoms. The van der Waals surface area contributed by atoms with E-state index < -0.39 is 109 Å². The van der Waals surface area contributed by atoms with Crippen LogP contribution in [0.5, 0.6) is 0 Å². The Kier molecular flexibility index (Phi) is 22.2. The molecule has 0 radical (unpaired) electrons. The van der Waals surface area contributed by atoms with E-state index in [1.807, 2.05) is 28.7 Å². The fourth-order valence-corrected chi connectivity index (χ4v) is 10.4. The number of cyclic esters (lactones) is 1. The molecular weight excluding hydrogens is 1020 g/mol. The predicted molar refractivity (Wildman–Crippen MR) is 274 cm³/mol. The Balaban J connectivity index is 0.901. The summed E-state index contributed by atoms with van der Waals surface area (Å²) in [5.41, 5.74) is 1.64. The van der Waals surface area contributed by atoms with E-state index in [4.69, 9.17) is 4.74 Å². The predicted octanol–water partition coefficient (Wildman–Crippen LogP) is -3.49. The molecule has 27 nitrogen and oxygen atoms in total. The van der Waals surface area contributed by atoms with Crippen LogP contribution in [0.1, 0.15) is 70.1 Å². The summed E-state index contributed by atoms with van der Waals surface area (Å²) in [6.07, 6.45) is 3.71. The molecule has 5 heterocycles. The minimum absolute atomic E-state index is 0.111. The number of nitrogens with one attached hydrogen (secondary N) is 5. The van der Waals surface area contributed by atoms with Crippen LogP contribution in [0.2, 0.25) is 0 Å². The van der Waals surface area contributed by atoms with Crippen molar-refractivity contribution in [1.29, 1.82) is 0 Å². The van der Waals surface area contributed by atoms with Crippen LogP contribution in [0, 0.1) is 17.8 Å². The van der Waals surface area contributed by atoms with Crippen molar-refractivity contribution in [2.45, 2.75) is 96.2 Å². The fourth-order valence-electron chi connectivity index (χ4n) is 10.4. The normalized spacial score (nSPS) is 22.4. The Hall–Kier alpha value is -6.81. The first-order chi connectivity index (χ1) is 37.1. The number of carboxylic acids is 3. The molecule has 0 spiro atoms. The Bertz CT molecular complexity index is 2400. The zero-order valence-electron chi connectivity index (χ0n) is 44.3. The Morgan fingerprint density at radius 2 is 1.32 bits per heavy atom. The molecule has 0 aromatic carbocycles. The molecule has 6 atom stereocenters. The lowest BCUT2D eigenvalue weighted by atomic mass is 9.85. The number of hydrogen-bond acceptors (Lipinski definition) is 17. The topological polar surface area (TPSA) is 359 Å². The molecule has 5 aliphatic rings. The highest BCUT2D eigenvalue weighted by atomic mass is 16.6. The number of aromatic nitrogens is 1. The number of nitrogens with zero attached hydrogens (tertiary/aromatic N) is 6. The van der Waals surface area contributed by atoms with Crippen molar-refractivity contribution in [2.24, 2.45) is 17.8 Å². The summed E-state index contributed by atoms with van der Waals surface area (Å²) in [6.45, 7) is 6.99. The van der Waals surface area contributed by atoms with Crippen LogP contribution in [0.25, 0.3) is 5.57 Å². The van der Waals surface area contributed by atoms with E-state index in [-0.39, 0.29) is 82.2 Å². The van der Waals surface area contributed by atoms with Gasteiger partial charge in [0.2, 0.25) is 41.7 Å². The lowest BCUT2D eigenvalue weighted by Crippen LogP contribution is -2.54. The largest absolute Gasteiger partial charge is 0.480 e. The lowest BCUT2D eigenvalue weighted by molar-refractivity contribution is -0.155. The van der Waals surface area contributed by atoms with Crippen molar-refractivity contribution < 1.29 is 77.9 Å². The number of aryl methyl sites for hydroxylation is 1. The maximum Gasteiger partial charge on any atom is 0.323 e. The lowest BCUT2D eigenvalue weighted by Gasteiger charge is -2.35. The molecule has 430 valence electrons. The number of hydrogen-bond donors (Lipinski definition) is 9. The van der Waals surface area contributed by atoms with E-state index in [0.29, 0.717) is 77.6 Å². The molecule has 1 aromatic heterocycles. The molecule has 1 aliphatic carbocycles. The highest BCUT2D eigenvalue weighted by Crippen LogP contribution is 2.35. The van der Waals surface area contributed by atoms with Gasteiger partial charge in [-0.1, -0.05) is 26.3 Å².